The molecule has 1 aromatic heterocycles. The Morgan fingerprint density at radius 2 is 1.76 bits per heavy atom. The largest absolute Gasteiger partial charge is 0.441 e. The van der Waals surface area contributed by atoms with Gasteiger partial charge in [0, 0.05) is 37.2 Å². The number of oxazole rings is 1. The fraction of sp³-hybridized carbons (Fsp3) is 0.360. The summed E-state index contributed by atoms with van der Waals surface area (Å²) in [7, 11) is -1.93. The Hall–Kier alpha value is -3.04. The molecule has 0 unspecified atom stereocenters. The fourth-order valence-electron chi connectivity index (χ4n) is 4.13. The summed E-state index contributed by atoms with van der Waals surface area (Å²) < 4.78 is 46.1. The first-order valence-electron chi connectivity index (χ1n) is 11.4. The van der Waals surface area contributed by atoms with Gasteiger partial charge in [-0.1, -0.05) is 19.3 Å². The first kappa shape index (κ1) is 24.1. The highest BCUT2D eigenvalue weighted by atomic mass is 32.2. The van der Waals surface area contributed by atoms with Crippen molar-refractivity contribution in [2.75, 3.05) is 12.4 Å². The molecule has 1 heterocycles. The van der Waals surface area contributed by atoms with Gasteiger partial charge in [0.1, 0.15) is 5.82 Å². The van der Waals surface area contributed by atoms with Gasteiger partial charge >= 0.3 is 0 Å². The van der Waals surface area contributed by atoms with Gasteiger partial charge in [0.15, 0.2) is 11.7 Å². The van der Waals surface area contributed by atoms with E-state index in [1.165, 1.54) is 28.6 Å². The number of hydrogen-bond acceptors (Lipinski definition) is 5. The molecule has 3 aromatic rings. The average molecular weight is 486 g/mol. The molecule has 1 aliphatic carbocycles. The molecule has 0 bridgehead atoms. The van der Waals surface area contributed by atoms with Crippen molar-refractivity contribution in [2.24, 2.45) is 0 Å². The molecule has 0 radical (unpaired) electrons. The third-order valence-corrected chi connectivity index (χ3v) is 8.08. The van der Waals surface area contributed by atoms with Crippen LogP contribution in [0, 0.1) is 5.82 Å². The summed E-state index contributed by atoms with van der Waals surface area (Å²) in [5, 5.41) is 2.77. The number of carbonyl (C=O) groups is 1. The highest BCUT2D eigenvalue weighted by molar-refractivity contribution is 7.89. The molecule has 0 spiro atoms. The second kappa shape index (κ2) is 10.5. The molecule has 1 amide bonds. The standard InChI is InChI=1S/C25H28FN3O4S/c1-29(21-5-3-2-4-6-21)34(31,32)22-13-11-20(12-14-22)28-24(30)15-16-25-27-17-23(33-25)18-7-9-19(26)10-8-18/h7-14,17,21H,2-6,15-16H2,1H3,(H,28,30). The van der Waals surface area contributed by atoms with E-state index in [0.29, 0.717) is 29.3 Å². The molecule has 1 fully saturated rings. The van der Waals surface area contributed by atoms with Crippen molar-refractivity contribution in [1.82, 2.24) is 9.29 Å². The van der Waals surface area contributed by atoms with Gasteiger partial charge < -0.3 is 9.73 Å². The van der Waals surface area contributed by atoms with Crippen molar-refractivity contribution < 1.29 is 22.0 Å². The van der Waals surface area contributed by atoms with Crippen molar-refractivity contribution >= 4 is 21.6 Å². The minimum Gasteiger partial charge on any atom is -0.441 e. The highest BCUT2D eigenvalue weighted by Gasteiger charge is 2.28. The minimum atomic E-state index is -3.57. The maximum Gasteiger partial charge on any atom is 0.243 e. The molecule has 1 aliphatic rings. The quantitative estimate of drug-likeness (QED) is 0.484. The Kier molecular flexibility index (Phi) is 7.43. The molecule has 9 heteroatoms. The van der Waals surface area contributed by atoms with Crippen LogP contribution in [-0.4, -0.2) is 36.7 Å². The predicted molar refractivity (Wildman–Crippen MR) is 127 cm³/mol. The number of benzene rings is 2. The smallest absolute Gasteiger partial charge is 0.243 e. The van der Waals surface area contributed by atoms with Crippen LogP contribution in [0.4, 0.5) is 10.1 Å². The van der Waals surface area contributed by atoms with Gasteiger partial charge in [-0.15, -0.1) is 0 Å². The summed E-state index contributed by atoms with van der Waals surface area (Å²) in [4.78, 5) is 16.7. The zero-order valence-electron chi connectivity index (χ0n) is 19.0. The lowest BCUT2D eigenvalue weighted by atomic mass is 9.96. The summed E-state index contributed by atoms with van der Waals surface area (Å²) in [5.41, 5.74) is 1.22. The number of nitrogens with zero attached hydrogens (tertiary/aromatic N) is 2. The van der Waals surface area contributed by atoms with Crippen LogP contribution in [-0.2, 0) is 21.2 Å². The number of aryl methyl sites for hydroxylation is 1. The van der Waals surface area contributed by atoms with Crippen LogP contribution in [0.3, 0.4) is 0 Å². The second-order valence-electron chi connectivity index (χ2n) is 8.51. The van der Waals surface area contributed by atoms with Gasteiger partial charge in [-0.2, -0.15) is 4.31 Å². The Morgan fingerprint density at radius 3 is 2.44 bits per heavy atom. The molecule has 4 rings (SSSR count). The lowest BCUT2D eigenvalue weighted by Gasteiger charge is -2.30. The maximum atomic E-state index is 13.1. The summed E-state index contributed by atoms with van der Waals surface area (Å²) in [6.07, 6.45) is 7.03. The summed E-state index contributed by atoms with van der Waals surface area (Å²) in [6.45, 7) is 0. The van der Waals surface area contributed by atoms with Crippen molar-refractivity contribution in [3.05, 3.63) is 66.4 Å². The average Bonchev–Trinajstić information content (AvgIpc) is 3.33. The van der Waals surface area contributed by atoms with Gasteiger partial charge in [-0.3, -0.25) is 4.79 Å². The van der Waals surface area contributed by atoms with Crippen LogP contribution >= 0.6 is 0 Å². The molecule has 1 saturated carbocycles. The van der Waals surface area contributed by atoms with Crippen LogP contribution in [0.1, 0.15) is 44.4 Å². The molecule has 180 valence electrons. The zero-order chi connectivity index (χ0) is 24.1. The highest BCUT2D eigenvalue weighted by Crippen LogP contribution is 2.27. The molecule has 0 atom stereocenters. The van der Waals surface area contributed by atoms with E-state index in [4.69, 9.17) is 4.42 Å². The Labute approximate surface area is 199 Å². The topological polar surface area (TPSA) is 92.5 Å². The Morgan fingerprint density at radius 1 is 1.09 bits per heavy atom. The molecular formula is C25H28FN3O4S. The molecule has 2 aromatic carbocycles. The van der Waals surface area contributed by atoms with Crippen molar-refractivity contribution in [2.45, 2.75) is 55.9 Å². The van der Waals surface area contributed by atoms with Crippen molar-refractivity contribution in [3.63, 3.8) is 0 Å². The van der Waals surface area contributed by atoms with E-state index in [-0.39, 0.29) is 29.1 Å². The number of carbonyl (C=O) groups excluding carboxylic acids is 1. The number of anilines is 1. The Bertz CT molecular complexity index is 1220. The second-order valence-corrected chi connectivity index (χ2v) is 10.5. The van der Waals surface area contributed by atoms with Crippen LogP contribution < -0.4 is 5.32 Å². The van der Waals surface area contributed by atoms with E-state index < -0.39 is 10.0 Å². The first-order valence-corrected chi connectivity index (χ1v) is 12.9. The van der Waals surface area contributed by atoms with Crippen molar-refractivity contribution in [3.8, 4) is 11.3 Å². The number of sulfonamides is 1. The van der Waals surface area contributed by atoms with Crippen LogP contribution in [0.2, 0.25) is 0 Å². The minimum absolute atomic E-state index is 0.0388. The molecular weight excluding hydrogens is 457 g/mol. The monoisotopic (exact) mass is 485 g/mol. The molecule has 34 heavy (non-hydrogen) atoms. The van der Waals surface area contributed by atoms with E-state index in [9.17, 15) is 17.6 Å². The number of amides is 1. The van der Waals surface area contributed by atoms with Gasteiger partial charge in [0.2, 0.25) is 15.9 Å². The molecule has 0 aliphatic heterocycles. The third-order valence-electron chi connectivity index (χ3n) is 6.15. The third kappa shape index (κ3) is 5.71. The number of rotatable bonds is 8. The van der Waals surface area contributed by atoms with E-state index in [2.05, 4.69) is 10.3 Å². The van der Waals surface area contributed by atoms with Gasteiger partial charge in [0.25, 0.3) is 0 Å². The van der Waals surface area contributed by atoms with Gasteiger partial charge in [-0.05, 0) is 61.4 Å². The SMILES string of the molecule is CN(C1CCCCC1)S(=O)(=O)c1ccc(NC(=O)CCc2ncc(-c3ccc(F)cc3)o2)cc1. The van der Waals surface area contributed by atoms with E-state index in [1.54, 1.807) is 37.5 Å². The van der Waals surface area contributed by atoms with Crippen LogP contribution in [0.15, 0.2) is 64.0 Å². The van der Waals surface area contributed by atoms with Crippen LogP contribution in [0.25, 0.3) is 11.3 Å². The molecule has 0 saturated heterocycles. The van der Waals surface area contributed by atoms with Gasteiger partial charge in [-0.25, -0.2) is 17.8 Å². The first-order chi connectivity index (χ1) is 16.3. The van der Waals surface area contributed by atoms with Gasteiger partial charge in [0.05, 0.1) is 11.1 Å². The number of halogens is 1. The van der Waals surface area contributed by atoms with Crippen LogP contribution in [0.5, 0.6) is 0 Å². The van der Waals surface area contributed by atoms with Crippen molar-refractivity contribution in [1.29, 1.82) is 0 Å². The number of hydrogen-bond donors (Lipinski definition) is 1. The predicted octanol–water partition coefficient (Wildman–Crippen LogP) is 5.01. The summed E-state index contributed by atoms with van der Waals surface area (Å²) in [5.74, 6) is 0.338. The van der Waals surface area contributed by atoms with E-state index >= 15 is 0 Å². The lowest BCUT2D eigenvalue weighted by Crippen LogP contribution is -2.38. The Balaban J connectivity index is 1.31. The molecule has 7 nitrogen and oxygen atoms in total. The number of aromatic nitrogens is 1. The van der Waals surface area contributed by atoms with E-state index in [1.807, 2.05) is 0 Å². The zero-order valence-corrected chi connectivity index (χ0v) is 19.9. The summed E-state index contributed by atoms with van der Waals surface area (Å²) >= 11 is 0. The lowest BCUT2D eigenvalue weighted by molar-refractivity contribution is -0.116. The summed E-state index contributed by atoms with van der Waals surface area (Å²) in [6, 6.07) is 12.2. The fourth-order valence-corrected chi connectivity index (χ4v) is 5.55. The van der Waals surface area contributed by atoms with E-state index in [0.717, 1.165) is 32.1 Å². The molecule has 1 N–H and O–H groups in total. The maximum absolute atomic E-state index is 13.1. The number of nitrogens with one attached hydrogen (secondary N) is 1. The normalized spacial score (nSPS) is 14.9.